The quantitative estimate of drug-likeness (QED) is 0.321. The molecule has 7 atom stereocenters. The van der Waals surface area contributed by atoms with Gasteiger partial charge in [0.25, 0.3) is 0 Å². The number of benzene rings is 1. The van der Waals surface area contributed by atoms with Gasteiger partial charge in [-0.3, -0.25) is 9.48 Å². The number of hydrogen-bond acceptors (Lipinski definition) is 9. The number of nitrogens with zero attached hydrogens (tertiary/aromatic N) is 4. The predicted octanol–water partition coefficient (Wildman–Crippen LogP) is 5.36. The second kappa shape index (κ2) is 9.91. The minimum absolute atomic E-state index is 0.0529. The molecular formula is C32H36N4O4S2. The Hall–Kier alpha value is -2.71. The van der Waals surface area contributed by atoms with Crippen molar-refractivity contribution in [3.8, 4) is 11.8 Å². The van der Waals surface area contributed by atoms with Crippen molar-refractivity contribution in [3.05, 3.63) is 41.2 Å². The number of fused-ring (bicyclic) bond motifs is 7. The number of aryl methyl sites for hydroxylation is 1. The van der Waals surface area contributed by atoms with Crippen LogP contribution in [0, 0.1) is 39.9 Å². The molecular weight excluding hydrogens is 569 g/mol. The molecule has 10 heteroatoms. The molecule has 3 N–H and O–H groups in total. The molecule has 0 bridgehead atoms. The number of thiazole rings is 1. The second-order valence-corrected chi connectivity index (χ2v) is 15.5. The van der Waals surface area contributed by atoms with Gasteiger partial charge in [-0.1, -0.05) is 31.2 Å². The Labute approximate surface area is 253 Å². The average molecular weight is 605 g/mol. The van der Waals surface area contributed by atoms with Crippen LogP contribution in [0.2, 0.25) is 0 Å². The molecule has 4 aliphatic carbocycles. The highest BCUT2D eigenvalue weighted by Gasteiger charge is 2.68. The zero-order chi connectivity index (χ0) is 29.4. The molecule has 4 aliphatic rings. The molecule has 2 heterocycles. The number of ketones is 1. The van der Waals surface area contributed by atoms with Crippen molar-refractivity contribution in [2.45, 2.75) is 81.4 Å². The number of aliphatic hydroxyl groups excluding tert-OH is 1. The molecule has 7 unspecified atom stereocenters. The average Bonchev–Trinajstić information content (AvgIpc) is 3.61. The predicted molar refractivity (Wildman–Crippen MR) is 162 cm³/mol. The van der Waals surface area contributed by atoms with E-state index in [9.17, 15) is 20.1 Å². The molecule has 0 saturated heterocycles. The molecule has 3 fully saturated rings. The molecule has 3 aromatic rings. The van der Waals surface area contributed by atoms with Crippen molar-refractivity contribution in [2.75, 3.05) is 5.75 Å². The first-order valence-electron chi connectivity index (χ1n) is 14.9. The van der Waals surface area contributed by atoms with Gasteiger partial charge in [-0.2, -0.15) is 10.4 Å². The van der Waals surface area contributed by atoms with Crippen LogP contribution in [0.1, 0.15) is 63.6 Å². The van der Waals surface area contributed by atoms with Crippen LogP contribution in [-0.4, -0.2) is 53.3 Å². The molecule has 7 rings (SSSR count). The van der Waals surface area contributed by atoms with Crippen LogP contribution in [-0.2, 0) is 17.8 Å². The molecule has 1 aromatic carbocycles. The van der Waals surface area contributed by atoms with Crippen LogP contribution >= 0.6 is 23.1 Å². The molecule has 0 spiro atoms. The number of hydrogen-bond donors (Lipinski definition) is 3. The number of carbonyl (C=O) groups excluding carboxylic acids is 1. The van der Waals surface area contributed by atoms with E-state index in [0.717, 1.165) is 40.4 Å². The van der Waals surface area contributed by atoms with Crippen LogP contribution in [0.5, 0.6) is 5.75 Å². The maximum Gasteiger partial charge on any atom is 0.175 e. The first-order valence-corrected chi connectivity index (χ1v) is 16.7. The van der Waals surface area contributed by atoms with Gasteiger partial charge in [0.2, 0.25) is 0 Å². The fourth-order valence-electron chi connectivity index (χ4n) is 9.24. The van der Waals surface area contributed by atoms with Gasteiger partial charge in [-0.25, -0.2) is 4.98 Å². The number of phenolic OH excluding ortho intramolecular Hbond substituents is 1. The Morgan fingerprint density at radius 1 is 1.31 bits per heavy atom. The minimum Gasteiger partial charge on any atom is -0.508 e. The normalized spacial score (nSPS) is 35.1. The lowest BCUT2D eigenvalue weighted by Crippen LogP contribution is -2.62. The standard InChI is InChI=1S/C32H36N4O4S2/c1-30-14-18-16-34-36(11-3-10-33)24(18)12-19(30)4-6-21-22-8-9-32(40,31(22,2)15-25(38)28(21)30)27(39)17-41-29-35-23-13-20(37)5-7-26(23)42-29/h5,7,12-13,16,21-22,25,28,37-38,40H,3-4,6,8-9,11,14-15,17H2,1-2H3. The number of nitriles is 1. The van der Waals surface area contributed by atoms with Crippen LogP contribution in [0.15, 0.2) is 34.3 Å². The zero-order valence-corrected chi connectivity index (χ0v) is 25.5. The second-order valence-electron chi connectivity index (χ2n) is 13.2. The molecule has 0 aliphatic heterocycles. The Morgan fingerprint density at radius 3 is 2.95 bits per heavy atom. The first-order chi connectivity index (χ1) is 20.1. The summed E-state index contributed by atoms with van der Waals surface area (Å²) in [7, 11) is 0. The number of carbonyl (C=O) groups is 1. The Balaban J connectivity index is 1.12. The SMILES string of the molecule is CC12Cc3cnn(CCC#N)c3C=C1CCC1C2C(O)CC2(C)C1CCC2(O)C(=O)CSc1nc2cc(O)ccc2s1. The Bertz CT molecular complexity index is 1660. The summed E-state index contributed by atoms with van der Waals surface area (Å²) in [6, 6.07) is 7.28. The van der Waals surface area contributed by atoms with E-state index in [1.54, 1.807) is 12.1 Å². The summed E-state index contributed by atoms with van der Waals surface area (Å²) in [5, 5.41) is 47.4. The smallest absolute Gasteiger partial charge is 0.175 e. The summed E-state index contributed by atoms with van der Waals surface area (Å²) >= 11 is 2.82. The van der Waals surface area contributed by atoms with E-state index in [2.05, 4.69) is 29.2 Å². The van der Waals surface area contributed by atoms with Gasteiger partial charge >= 0.3 is 0 Å². The van der Waals surface area contributed by atoms with Crippen LogP contribution in [0.25, 0.3) is 16.3 Å². The number of allylic oxidation sites excluding steroid dienone is 1. The summed E-state index contributed by atoms with van der Waals surface area (Å²) in [4.78, 5) is 18.3. The molecule has 3 saturated carbocycles. The van der Waals surface area contributed by atoms with E-state index >= 15 is 0 Å². The molecule has 0 amide bonds. The van der Waals surface area contributed by atoms with E-state index in [4.69, 9.17) is 5.26 Å². The van der Waals surface area contributed by atoms with E-state index in [0.29, 0.717) is 31.3 Å². The van der Waals surface area contributed by atoms with Gasteiger partial charge in [-0.05, 0) is 85.5 Å². The van der Waals surface area contributed by atoms with Crippen molar-refractivity contribution < 1.29 is 20.1 Å². The Kier molecular flexibility index (Phi) is 6.63. The summed E-state index contributed by atoms with van der Waals surface area (Å²) in [5.41, 5.74) is 1.93. The highest BCUT2D eigenvalue weighted by molar-refractivity contribution is 8.01. The third-order valence-electron chi connectivity index (χ3n) is 11.2. The lowest BCUT2D eigenvalue weighted by atomic mass is 9.45. The van der Waals surface area contributed by atoms with Gasteiger partial charge in [0.15, 0.2) is 10.1 Å². The fraction of sp³-hybridized carbons (Fsp3) is 0.562. The van der Waals surface area contributed by atoms with E-state index < -0.39 is 17.1 Å². The van der Waals surface area contributed by atoms with Gasteiger partial charge in [0.05, 0.1) is 53.0 Å². The van der Waals surface area contributed by atoms with Crippen molar-refractivity contribution in [1.29, 1.82) is 5.26 Å². The van der Waals surface area contributed by atoms with Gasteiger partial charge in [0, 0.05) is 11.5 Å². The maximum atomic E-state index is 13.8. The van der Waals surface area contributed by atoms with Gasteiger partial charge in [-0.15, -0.1) is 11.3 Å². The lowest BCUT2D eigenvalue weighted by molar-refractivity contribution is -0.177. The summed E-state index contributed by atoms with van der Waals surface area (Å²) < 4.78 is 3.62. The number of aromatic nitrogens is 3. The number of phenols is 1. The monoisotopic (exact) mass is 604 g/mol. The third kappa shape index (κ3) is 4.04. The molecule has 42 heavy (non-hydrogen) atoms. The minimum atomic E-state index is -1.48. The van der Waals surface area contributed by atoms with Gasteiger partial charge in [0.1, 0.15) is 11.4 Å². The molecule has 0 radical (unpaired) electrons. The largest absolute Gasteiger partial charge is 0.508 e. The van der Waals surface area contributed by atoms with Crippen LogP contribution < -0.4 is 0 Å². The number of Topliss-reactive ketones (excluding diaryl/α,β-unsaturated/α-hetero) is 1. The number of aromatic hydroxyl groups is 1. The lowest BCUT2D eigenvalue weighted by Gasteiger charge is -2.60. The third-order valence-corrected chi connectivity index (χ3v) is 13.4. The van der Waals surface area contributed by atoms with Gasteiger partial charge < -0.3 is 15.3 Å². The fourth-order valence-corrected chi connectivity index (χ4v) is 11.3. The number of rotatable bonds is 6. The van der Waals surface area contributed by atoms with E-state index in [1.165, 1.54) is 34.2 Å². The first kappa shape index (κ1) is 28.1. The number of aliphatic hydroxyl groups is 2. The topological polar surface area (TPSA) is 132 Å². The summed E-state index contributed by atoms with van der Waals surface area (Å²) in [6.45, 7) is 4.91. The summed E-state index contributed by atoms with van der Waals surface area (Å²) in [5.74, 6) is 0.540. The van der Waals surface area contributed by atoms with E-state index in [-0.39, 0.29) is 40.5 Å². The van der Waals surface area contributed by atoms with Crippen LogP contribution in [0.4, 0.5) is 0 Å². The number of thioether (sulfide) groups is 1. The van der Waals surface area contributed by atoms with Crippen LogP contribution in [0.3, 0.4) is 0 Å². The molecule has 220 valence electrons. The van der Waals surface area contributed by atoms with Crippen molar-refractivity contribution in [1.82, 2.24) is 14.8 Å². The summed E-state index contributed by atoms with van der Waals surface area (Å²) in [6.07, 6.45) is 8.26. The van der Waals surface area contributed by atoms with Crippen molar-refractivity contribution in [3.63, 3.8) is 0 Å². The van der Waals surface area contributed by atoms with Crippen molar-refractivity contribution in [2.24, 2.45) is 28.6 Å². The zero-order valence-electron chi connectivity index (χ0n) is 23.9. The Morgan fingerprint density at radius 2 is 2.14 bits per heavy atom. The molecule has 8 nitrogen and oxygen atoms in total. The maximum absolute atomic E-state index is 13.8. The van der Waals surface area contributed by atoms with E-state index in [1.807, 2.05) is 23.9 Å². The molecule has 2 aromatic heterocycles. The highest BCUT2D eigenvalue weighted by atomic mass is 32.2. The van der Waals surface area contributed by atoms with Crippen molar-refractivity contribution >= 4 is 45.2 Å². The highest BCUT2D eigenvalue weighted by Crippen LogP contribution is 2.67.